The Morgan fingerprint density at radius 1 is 1.80 bits per heavy atom. The molecule has 1 heterocycles. The van der Waals surface area contributed by atoms with Crippen molar-refractivity contribution in [2.45, 2.75) is 25.4 Å². The van der Waals surface area contributed by atoms with Gasteiger partial charge in [0.2, 0.25) is 0 Å². The van der Waals surface area contributed by atoms with Gasteiger partial charge >= 0.3 is 5.97 Å². The van der Waals surface area contributed by atoms with Crippen molar-refractivity contribution >= 4 is 37.3 Å². The highest BCUT2D eigenvalue weighted by Gasteiger charge is 2.24. The van der Waals surface area contributed by atoms with Crippen LogP contribution in [0.25, 0.3) is 0 Å². The molecular formula is C9H12IN2O2P. The van der Waals surface area contributed by atoms with Crippen LogP contribution in [0.5, 0.6) is 0 Å². The number of hydrogen-bond acceptors (Lipinski definition) is 3. The summed E-state index contributed by atoms with van der Waals surface area (Å²) in [6.45, 7) is 2.19. The minimum atomic E-state index is -0.318. The standard InChI is InChI=1S/C9H12IN2O2P/c1-2-14-9(13)8-7(10)5-12(11-8)15-6-3-4-6/h5-6,15H,2-4H2,1H3. The van der Waals surface area contributed by atoms with Gasteiger partial charge in [-0.15, -0.1) is 0 Å². The van der Waals surface area contributed by atoms with E-state index in [0.29, 0.717) is 21.0 Å². The van der Waals surface area contributed by atoms with Gasteiger partial charge in [0.05, 0.1) is 10.2 Å². The maximum Gasteiger partial charge on any atom is 0.359 e. The van der Waals surface area contributed by atoms with Crippen LogP contribution in [0.4, 0.5) is 0 Å². The van der Waals surface area contributed by atoms with E-state index >= 15 is 0 Å². The number of carbonyl (C=O) groups excluding carboxylic acids is 1. The Bertz CT molecular complexity index is 376. The van der Waals surface area contributed by atoms with E-state index in [-0.39, 0.29) is 5.97 Å². The van der Waals surface area contributed by atoms with Crippen molar-refractivity contribution in [1.82, 2.24) is 9.55 Å². The lowest BCUT2D eigenvalue weighted by Gasteiger charge is -1.98. The van der Waals surface area contributed by atoms with Gasteiger partial charge in [-0.3, -0.25) is 4.45 Å². The molecule has 1 fully saturated rings. The molecule has 0 bridgehead atoms. The zero-order chi connectivity index (χ0) is 10.8. The first-order chi connectivity index (χ1) is 7.20. The van der Waals surface area contributed by atoms with Gasteiger partial charge in [-0.25, -0.2) is 4.79 Å². The van der Waals surface area contributed by atoms with E-state index in [0.717, 1.165) is 9.23 Å². The van der Waals surface area contributed by atoms with Crippen molar-refractivity contribution in [1.29, 1.82) is 0 Å². The lowest BCUT2D eigenvalue weighted by atomic mass is 10.4. The van der Waals surface area contributed by atoms with E-state index < -0.39 is 0 Å². The molecule has 2 rings (SSSR count). The second-order valence-electron chi connectivity index (χ2n) is 3.39. The number of esters is 1. The fourth-order valence-electron chi connectivity index (χ4n) is 1.16. The summed E-state index contributed by atoms with van der Waals surface area (Å²) in [7, 11) is 0.677. The molecule has 1 aliphatic carbocycles. The first-order valence-corrected chi connectivity index (χ1v) is 7.00. The topological polar surface area (TPSA) is 44.1 Å². The number of carbonyl (C=O) groups is 1. The Hall–Kier alpha value is -0.160. The van der Waals surface area contributed by atoms with Crippen LogP contribution in [0, 0.1) is 3.57 Å². The SMILES string of the molecule is CCOC(=O)c1nn(PC2CC2)cc1I. The molecule has 0 amide bonds. The summed E-state index contributed by atoms with van der Waals surface area (Å²) in [6, 6.07) is 0. The second-order valence-corrected chi connectivity index (χ2v) is 6.09. The second kappa shape index (κ2) is 4.78. The summed E-state index contributed by atoms with van der Waals surface area (Å²) in [6.07, 6.45) is 4.51. The smallest absolute Gasteiger partial charge is 0.359 e. The summed E-state index contributed by atoms with van der Waals surface area (Å²) in [5, 5.41) is 4.26. The number of nitrogens with zero attached hydrogens (tertiary/aromatic N) is 2. The van der Waals surface area contributed by atoms with Gasteiger partial charge in [0.25, 0.3) is 0 Å². The molecule has 0 saturated heterocycles. The van der Waals surface area contributed by atoms with Gasteiger partial charge < -0.3 is 4.74 Å². The summed E-state index contributed by atoms with van der Waals surface area (Å²) < 4.78 is 7.68. The Balaban J connectivity index is 2.09. The number of halogens is 1. The van der Waals surface area contributed by atoms with Crippen LogP contribution in [0.2, 0.25) is 0 Å². The lowest BCUT2D eigenvalue weighted by Crippen LogP contribution is -2.07. The van der Waals surface area contributed by atoms with E-state index in [1.165, 1.54) is 12.8 Å². The minimum absolute atomic E-state index is 0.318. The largest absolute Gasteiger partial charge is 0.461 e. The van der Waals surface area contributed by atoms with Crippen LogP contribution in [-0.2, 0) is 4.74 Å². The normalized spacial score (nSPS) is 16.1. The molecule has 1 aromatic heterocycles. The molecule has 6 heteroatoms. The number of aromatic nitrogens is 2. The Morgan fingerprint density at radius 3 is 3.13 bits per heavy atom. The van der Waals surface area contributed by atoms with Gasteiger partial charge in [0.1, 0.15) is 0 Å². The molecule has 1 saturated carbocycles. The third-order valence-corrected chi connectivity index (χ3v) is 4.26. The highest BCUT2D eigenvalue weighted by Crippen LogP contribution is 2.39. The number of ether oxygens (including phenoxy) is 1. The quantitative estimate of drug-likeness (QED) is 0.481. The van der Waals surface area contributed by atoms with Crippen molar-refractivity contribution < 1.29 is 9.53 Å². The van der Waals surface area contributed by atoms with Crippen LogP contribution >= 0.6 is 31.3 Å². The van der Waals surface area contributed by atoms with Gasteiger partial charge in [0.15, 0.2) is 5.69 Å². The third kappa shape index (κ3) is 2.91. The molecule has 0 spiro atoms. The average molecular weight is 338 g/mol. The highest BCUT2D eigenvalue weighted by molar-refractivity contribution is 14.1. The summed E-state index contributed by atoms with van der Waals surface area (Å²) in [5.41, 5.74) is 1.24. The van der Waals surface area contributed by atoms with E-state index in [9.17, 15) is 4.79 Å². The van der Waals surface area contributed by atoms with E-state index in [1.807, 2.05) is 10.6 Å². The fraction of sp³-hybridized carbons (Fsp3) is 0.556. The molecule has 0 N–H and O–H groups in total. The van der Waals surface area contributed by atoms with Crippen LogP contribution in [0.1, 0.15) is 30.3 Å². The molecule has 1 atom stereocenters. The van der Waals surface area contributed by atoms with E-state index in [4.69, 9.17) is 4.74 Å². The predicted octanol–water partition coefficient (Wildman–Crippen LogP) is 2.27. The van der Waals surface area contributed by atoms with Crippen LogP contribution in [0.15, 0.2) is 6.20 Å². The van der Waals surface area contributed by atoms with Crippen LogP contribution in [-0.4, -0.2) is 27.8 Å². The highest BCUT2D eigenvalue weighted by atomic mass is 127. The third-order valence-electron chi connectivity index (χ3n) is 2.03. The molecule has 1 aromatic rings. The Kier molecular flexibility index (Phi) is 3.61. The molecular weight excluding hydrogens is 326 g/mol. The maximum atomic E-state index is 11.5. The van der Waals surface area contributed by atoms with Gasteiger partial charge in [-0.05, 0) is 48.0 Å². The molecule has 82 valence electrons. The van der Waals surface area contributed by atoms with Gasteiger partial charge in [-0.1, -0.05) is 0 Å². The molecule has 0 aromatic carbocycles. The molecule has 1 unspecified atom stereocenters. The molecule has 4 nitrogen and oxygen atoms in total. The Labute approximate surface area is 104 Å². The van der Waals surface area contributed by atoms with E-state index in [2.05, 4.69) is 27.7 Å². The maximum absolute atomic E-state index is 11.5. The van der Waals surface area contributed by atoms with Crippen molar-refractivity contribution in [3.63, 3.8) is 0 Å². The monoisotopic (exact) mass is 338 g/mol. The zero-order valence-electron chi connectivity index (χ0n) is 8.36. The number of rotatable bonds is 4. The first-order valence-electron chi connectivity index (χ1n) is 4.89. The van der Waals surface area contributed by atoms with Crippen LogP contribution < -0.4 is 0 Å². The average Bonchev–Trinajstić information content (AvgIpc) is 2.90. The first kappa shape index (κ1) is 11.3. The van der Waals surface area contributed by atoms with Crippen molar-refractivity contribution in [3.05, 3.63) is 15.5 Å². The van der Waals surface area contributed by atoms with Crippen LogP contribution in [0.3, 0.4) is 0 Å². The van der Waals surface area contributed by atoms with Gasteiger partial charge in [-0.2, -0.15) is 5.10 Å². The summed E-state index contributed by atoms with van der Waals surface area (Å²) in [5.74, 6) is -0.318. The van der Waals surface area contributed by atoms with Crippen molar-refractivity contribution in [3.8, 4) is 0 Å². The molecule has 0 aliphatic heterocycles. The van der Waals surface area contributed by atoms with Crippen molar-refractivity contribution in [2.75, 3.05) is 6.61 Å². The van der Waals surface area contributed by atoms with E-state index in [1.54, 1.807) is 6.92 Å². The van der Waals surface area contributed by atoms with Gasteiger partial charge in [0, 0.05) is 14.9 Å². The predicted molar refractivity (Wildman–Crippen MR) is 67.6 cm³/mol. The Morgan fingerprint density at radius 2 is 2.53 bits per heavy atom. The molecule has 0 radical (unpaired) electrons. The lowest BCUT2D eigenvalue weighted by molar-refractivity contribution is 0.0518. The molecule has 15 heavy (non-hydrogen) atoms. The zero-order valence-corrected chi connectivity index (χ0v) is 11.5. The number of hydrogen-bond donors (Lipinski definition) is 0. The summed E-state index contributed by atoms with van der Waals surface area (Å²) >= 11 is 2.12. The summed E-state index contributed by atoms with van der Waals surface area (Å²) in [4.78, 5) is 11.5. The van der Waals surface area contributed by atoms with Crippen molar-refractivity contribution in [2.24, 2.45) is 0 Å². The minimum Gasteiger partial charge on any atom is -0.461 e. The fourth-order valence-corrected chi connectivity index (χ4v) is 3.17. The molecule has 1 aliphatic rings.